The average Bonchev–Trinajstić information content (AvgIpc) is 4.09. The van der Waals surface area contributed by atoms with Crippen LogP contribution in [0, 0.1) is 38.4 Å². The molecule has 4 heterocycles. The number of aromatic amines is 8. The molecule has 0 aliphatic heterocycles. The third kappa shape index (κ3) is 14.1. The average molecular weight is 984 g/mol. The molecule has 0 saturated heterocycles. The minimum absolute atomic E-state index is 0.126. The summed E-state index contributed by atoms with van der Waals surface area (Å²) in [5, 5.41) is 13.4. The highest BCUT2D eigenvalue weighted by Crippen LogP contribution is 2.22. The van der Waals surface area contributed by atoms with Gasteiger partial charge in [-0.1, -0.05) is 49.6 Å². The molecule has 20 heteroatoms. The standard InChI is InChI=1S/C15H13N3OS.C11H12N4OS.C11H10N4OS.C11H14N2S/c1-9-2-4-10(5-3-9)14(19)16-11-6-7-12-13(8-11)18-15(20)17-12;2*1-2-5-12-10(16)13-7-3-4-8-9(6-7)15-11(17)14-8;1-3-7(2)8-4-5-9-10(6-8)13-11(14)12-9/h2-8H,1H3,(H,16,19)(H2,17,18,20);2-4,6H,1,5H2,(H2,12,13,16)(H2,14,15,17);1,3-4,6H,5H2,(H2,12,13,16)(H2,14,15,17);4-7H,3H2,1-2H3,(H2,12,13,14). The molecule has 4 aromatic heterocycles. The maximum atomic E-state index is 12.1. The van der Waals surface area contributed by atoms with Crippen molar-refractivity contribution in [3.63, 3.8) is 0 Å². The van der Waals surface area contributed by atoms with E-state index in [0.717, 1.165) is 61.8 Å². The van der Waals surface area contributed by atoms with Gasteiger partial charge >= 0.3 is 12.1 Å². The normalized spacial score (nSPS) is 10.9. The van der Waals surface area contributed by atoms with Crippen LogP contribution in [0.3, 0.4) is 0 Å². The first-order valence-corrected chi connectivity index (χ1v) is 22.7. The van der Waals surface area contributed by atoms with E-state index in [4.69, 9.17) is 55.3 Å². The molecule has 9 aromatic rings. The molecule has 9 rings (SSSR count). The lowest BCUT2D eigenvalue weighted by molar-refractivity contribution is 0.102. The molecular weight excluding hydrogens is 935 g/mol. The maximum Gasteiger partial charge on any atom is 0.319 e. The monoisotopic (exact) mass is 983 g/mol. The van der Waals surface area contributed by atoms with Crippen LogP contribution in [0.2, 0.25) is 0 Å². The fourth-order valence-electron chi connectivity index (χ4n) is 6.48. The lowest BCUT2D eigenvalue weighted by Gasteiger charge is -2.07. The van der Waals surface area contributed by atoms with Crippen LogP contribution in [-0.4, -0.2) is 70.9 Å². The minimum atomic E-state index is -0.337. The van der Waals surface area contributed by atoms with Gasteiger partial charge in [0.05, 0.1) is 50.7 Å². The number of carbonyl (C=O) groups excluding carboxylic acids is 3. The zero-order chi connectivity index (χ0) is 48.7. The van der Waals surface area contributed by atoms with Gasteiger partial charge in [0.2, 0.25) is 0 Å². The number of carbonyl (C=O) groups is 3. The molecule has 5 amide bonds. The molecule has 0 fully saturated rings. The van der Waals surface area contributed by atoms with Crippen LogP contribution in [0.25, 0.3) is 44.1 Å². The fraction of sp³-hybridized carbons (Fsp3) is 0.146. The van der Waals surface area contributed by atoms with Crippen LogP contribution in [0.4, 0.5) is 26.7 Å². The lowest BCUT2D eigenvalue weighted by Crippen LogP contribution is -2.28. The van der Waals surface area contributed by atoms with Crippen LogP contribution in [0.5, 0.6) is 0 Å². The molecule has 13 N–H and O–H groups in total. The van der Waals surface area contributed by atoms with Crippen LogP contribution >= 0.6 is 48.9 Å². The smallest absolute Gasteiger partial charge is 0.319 e. The van der Waals surface area contributed by atoms with Gasteiger partial charge in [-0.05, 0) is 153 Å². The van der Waals surface area contributed by atoms with E-state index in [-0.39, 0.29) is 24.5 Å². The number of amides is 5. The second-order valence-corrected chi connectivity index (χ2v) is 16.8. The van der Waals surface area contributed by atoms with Crippen molar-refractivity contribution in [1.29, 1.82) is 0 Å². The predicted molar refractivity (Wildman–Crippen MR) is 285 cm³/mol. The van der Waals surface area contributed by atoms with Gasteiger partial charge in [-0.15, -0.1) is 13.0 Å². The zero-order valence-corrected chi connectivity index (χ0v) is 40.4. The Kier molecular flexibility index (Phi) is 17.2. The van der Waals surface area contributed by atoms with Gasteiger partial charge < -0.3 is 66.5 Å². The van der Waals surface area contributed by atoms with Gasteiger partial charge in [0, 0.05) is 29.2 Å². The highest BCUT2D eigenvalue weighted by Gasteiger charge is 2.08. The van der Waals surface area contributed by atoms with Crippen molar-refractivity contribution in [2.75, 3.05) is 29.0 Å². The van der Waals surface area contributed by atoms with E-state index < -0.39 is 0 Å². The Hall–Kier alpha value is -7.83. The van der Waals surface area contributed by atoms with Gasteiger partial charge in [-0.25, -0.2) is 9.59 Å². The fourth-order valence-corrected chi connectivity index (χ4v) is 7.36. The van der Waals surface area contributed by atoms with Crippen molar-refractivity contribution in [3.8, 4) is 12.3 Å². The number of benzene rings is 5. The van der Waals surface area contributed by atoms with Crippen molar-refractivity contribution in [3.05, 3.63) is 145 Å². The number of rotatable bonds is 9. The Bertz CT molecular complexity index is 3510. The molecule has 0 aliphatic rings. The second-order valence-electron chi connectivity index (χ2n) is 15.2. The van der Waals surface area contributed by atoms with Gasteiger partial charge in [0.15, 0.2) is 19.1 Å². The van der Waals surface area contributed by atoms with Crippen molar-refractivity contribution >= 4 is 128 Å². The van der Waals surface area contributed by atoms with Gasteiger partial charge in [-0.3, -0.25) is 4.79 Å². The summed E-state index contributed by atoms with van der Waals surface area (Å²) in [6.07, 6.45) is 7.81. The largest absolute Gasteiger partial charge is 0.334 e. The van der Waals surface area contributed by atoms with E-state index >= 15 is 0 Å². The molecule has 0 spiro atoms. The summed E-state index contributed by atoms with van der Waals surface area (Å²) in [7, 11) is 0. The number of anilines is 3. The van der Waals surface area contributed by atoms with Crippen LogP contribution in [0.15, 0.2) is 110 Å². The molecule has 0 saturated carbocycles. The van der Waals surface area contributed by atoms with Gasteiger partial charge in [0.25, 0.3) is 5.91 Å². The van der Waals surface area contributed by atoms with Crippen molar-refractivity contribution in [1.82, 2.24) is 50.5 Å². The van der Waals surface area contributed by atoms with Crippen LogP contribution in [-0.2, 0) is 0 Å². The molecule has 0 aliphatic carbocycles. The Balaban J connectivity index is 0.000000150. The zero-order valence-electron chi connectivity index (χ0n) is 37.2. The van der Waals surface area contributed by atoms with E-state index in [1.807, 2.05) is 67.6 Å². The van der Waals surface area contributed by atoms with Crippen molar-refractivity contribution in [2.45, 2.75) is 33.1 Å². The van der Waals surface area contributed by atoms with Crippen molar-refractivity contribution < 1.29 is 14.4 Å². The molecule has 5 aromatic carbocycles. The number of fused-ring (bicyclic) bond motifs is 4. The Morgan fingerprint density at radius 2 is 0.985 bits per heavy atom. The summed E-state index contributed by atoms with van der Waals surface area (Å²) in [6.45, 7) is 10.6. The highest BCUT2D eigenvalue weighted by molar-refractivity contribution is 7.71. The molecule has 1 atom stereocenters. The first kappa shape index (κ1) is 49.6. The number of hydrogen-bond donors (Lipinski definition) is 13. The Labute approximate surface area is 410 Å². The molecular formula is C48H49N13O3S4. The van der Waals surface area contributed by atoms with E-state index in [1.54, 1.807) is 24.3 Å². The van der Waals surface area contributed by atoms with Gasteiger partial charge in [-0.2, -0.15) is 0 Å². The number of nitrogens with one attached hydrogen (secondary N) is 13. The third-order valence-corrected chi connectivity index (χ3v) is 10.9. The van der Waals surface area contributed by atoms with E-state index in [2.05, 4.69) is 111 Å². The molecule has 0 bridgehead atoms. The first-order valence-electron chi connectivity index (χ1n) is 21.1. The van der Waals surface area contributed by atoms with E-state index in [0.29, 0.717) is 48.5 Å². The predicted octanol–water partition coefficient (Wildman–Crippen LogP) is 12.0. The maximum absolute atomic E-state index is 12.1. The van der Waals surface area contributed by atoms with Gasteiger partial charge in [0.1, 0.15) is 0 Å². The van der Waals surface area contributed by atoms with Crippen LogP contribution in [0.1, 0.15) is 47.7 Å². The quantitative estimate of drug-likeness (QED) is 0.0379. The summed E-state index contributed by atoms with van der Waals surface area (Å²) >= 11 is 20.0. The summed E-state index contributed by atoms with van der Waals surface area (Å²) < 4.78 is 2.38. The number of H-pyrrole nitrogens is 8. The van der Waals surface area contributed by atoms with E-state index in [9.17, 15) is 14.4 Å². The Morgan fingerprint density at radius 3 is 1.41 bits per heavy atom. The third-order valence-electron chi connectivity index (χ3n) is 10.1. The molecule has 348 valence electrons. The van der Waals surface area contributed by atoms with Crippen molar-refractivity contribution in [2.24, 2.45) is 0 Å². The SMILES string of the molecule is C#CCNC(=O)Nc1ccc2[nH]c(=S)[nH]c2c1.C=CCNC(=O)Nc1ccc2[nH]c(=S)[nH]c2c1.CCC(C)c1ccc2[nH]c(=S)[nH]c2c1.Cc1ccc(C(=O)Nc2ccc3[nH]c(=S)[nH]c3c2)cc1. The summed E-state index contributed by atoms with van der Waals surface area (Å²) in [4.78, 5) is 59.1. The number of imidazole rings is 4. The van der Waals surface area contributed by atoms with Crippen LogP contribution < -0.4 is 26.6 Å². The number of aromatic nitrogens is 8. The molecule has 68 heavy (non-hydrogen) atoms. The number of terminal acetylenes is 1. The number of hydrogen-bond acceptors (Lipinski definition) is 7. The summed E-state index contributed by atoms with van der Waals surface area (Å²) in [6, 6.07) is 29.7. The number of aryl methyl sites for hydroxylation is 1. The topological polar surface area (TPSA) is 238 Å². The highest BCUT2D eigenvalue weighted by atomic mass is 32.1. The molecule has 0 radical (unpaired) electrons. The summed E-state index contributed by atoms with van der Waals surface area (Å²) in [5.41, 5.74) is 12.7. The number of urea groups is 2. The Morgan fingerprint density at radius 1 is 0.588 bits per heavy atom. The first-order chi connectivity index (χ1) is 32.7. The second kappa shape index (κ2) is 23.6. The molecule has 16 nitrogen and oxygen atoms in total. The molecule has 1 unspecified atom stereocenters. The van der Waals surface area contributed by atoms with E-state index in [1.165, 1.54) is 5.56 Å². The summed E-state index contributed by atoms with van der Waals surface area (Å²) in [5.74, 6) is 2.80. The minimum Gasteiger partial charge on any atom is -0.334 e. The lowest BCUT2D eigenvalue weighted by atomic mass is 9.98.